The quantitative estimate of drug-likeness (QED) is 0.662. The fourth-order valence-electron chi connectivity index (χ4n) is 1.25. The third-order valence-electron chi connectivity index (χ3n) is 2.07. The number of hydrogen-bond donors (Lipinski definition) is 0. The van der Waals surface area contributed by atoms with Crippen molar-refractivity contribution >= 4 is 6.03 Å². The standard InChI is InChI=1S/C10H23N3O/c1-6-13(10(14)12(4)5)9-7-8-11(2)3/h6-9H2,1-5H3. The largest absolute Gasteiger partial charge is 0.331 e. The Hall–Kier alpha value is -0.770. The molecule has 2 amide bonds. The second-order valence-corrected chi connectivity index (χ2v) is 3.91. The third kappa shape index (κ3) is 5.07. The molecule has 0 atom stereocenters. The van der Waals surface area contributed by atoms with Crippen molar-refractivity contribution in [3.8, 4) is 0 Å². The van der Waals surface area contributed by atoms with E-state index in [1.54, 1.807) is 19.0 Å². The highest BCUT2D eigenvalue weighted by Crippen LogP contribution is 1.97. The highest BCUT2D eigenvalue weighted by Gasteiger charge is 2.12. The van der Waals surface area contributed by atoms with Crippen molar-refractivity contribution in [2.45, 2.75) is 13.3 Å². The van der Waals surface area contributed by atoms with Gasteiger partial charge in [-0.05, 0) is 34.0 Å². The van der Waals surface area contributed by atoms with Crippen LogP contribution in [0.15, 0.2) is 0 Å². The van der Waals surface area contributed by atoms with Crippen molar-refractivity contribution in [2.75, 3.05) is 47.8 Å². The molecule has 0 aliphatic heterocycles. The lowest BCUT2D eigenvalue weighted by Crippen LogP contribution is -2.40. The first-order valence-corrected chi connectivity index (χ1v) is 5.10. The Bertz CT molecular complexity index is 169. The van der Waals surface area contributed by atoms with E-state index in [1.807, 2.05) is 25.9 Å². The average molecular weight is 201 g/mol. The van der Waals surface area contributed by atoms with Crippen LogP contribution >= 0.6 is 0 Å². The number of amides is 2. The van der Waals surface area contributed by atoms with Gasteiger partial charge in [-0.15, -0.1) is 0 Å². The van der Waals surface area contributed by atoms with Crippen LogP contribution < -0.4 is 0 Å². The molecule has 0 bridgehead atoms. The van der Waals surface area contributed by atoms with Crippen molar-refractivity contribution in [1.82, 2.24) is 14.7 Å². The second-order valence-electron chi connectivity index (χ2n) is 3.91. The van der Waals surface area contributed by atoms with Crippen molar-refractivity contribution < 1.29 is 4.79 Å². The summed E-state index contributed by atoms with van der Waals surface area (Å²) in [6.45, 7) is 4.66. The zero-order valence-electron chi connectivity index (χ0n) is 10.1. The maximum absolute atomic E-state index is 11.6. The van der Waals surface area contributed by atoms with E-state index in [9.17, 15) is 4.79 Å². The Morgan fingerprint density at radius 2 is 1.64 bits per heavy atom. The van der Waals surface area contributed by atoms with Crippen LogP contribution in [-0.4, -0.2) is 68.6 Å². The van der Waals surface area contributed by atoms with Gasteiger partial charge in [-0.3, -0.25) is 0 Å². The maximum atomic E-state index is 11.6. The summed E-state index contributed by atoms with van der Waals surface area (Å²) < 4.78 is 0. The molecule has 0 rings (SSSR count). The molecule has 0 heterocycles. The highest BCUT2D eigenvalue weighted by molar-refractivity contribution is 5.73. The fourth-order valence-corrected chi connectivity index (χ4v) is 1.25. The van der Waals surface area contributed by atoms with Gasteiger partial charge in [0, 0.05) is 27.2 Å². The van der Waals surface area contributed by atoms with Crippen molar-refractivity contribution in [3.05, 3.63) is 0 Å². The van der Waals surface area contributed by atoms with Gasteiger partial charge in [0.15, 0.2) is 0 Å². The molecule has 4 nitrogen and oxygen atoms in total. The smallest absolute Gasteiger partial charge is 0.319 e. The Kier molecular flexibility index (Phi) is 6.28. The zero-order chi connectivity index (χ0) is 11.1. The summed E-state index contributed by atoms with van der Waals surface area (Å²) in [5, 5.41) is 0. The summed E-state index contributed by atoms with van der Waals surface area (Å²) in [7, 11) is 7.67. The molecule has 84 valence electrons. The molecule has 0 aliphatic rings. The Labute approximate surface area is 87.5 Å². The number of carbonyl (C=O) groups is 1. The Morgan fingerprint density at radius 3 is 2.00 bits per heavy atom. The van der Waals surface area contributed by atoms with Gasteiger partial charge in [-0.1, -0.05) is 0 Å². The number of rotatable bonds is 5. The first kappa shape index (κ1) is 13.2. The second kappa shape index (κ2) is 6.65. The van der Waals surface area contributed by atoms with Crippen LogP contribution in [0.2, 0.25) is 0 Å². The third-order valence-corrected chi connectivity index (χ3v) is 2.07. The molecule has 0 saturated carbocycles. The van der Waals surface area contributed by atoms with E-state index in [0.29, 0.717) is 0 Å². The summed E-state index contributed by atoms with van der Waals surface area (Å²) in [6.07, 6.45) is 1.03. The van der Waals surface area contributed by atoms with Crippen LogP contribution in [0.1, 0.15) is 13.3 Å². The molecule has 0 N–H and O–H groups in total. The topological polar surface area (TPSA) is 26.8 Å². The summed E-state index contributed by atoms with van der Waals surface area (Å²) in [5.74, 6) is 0. The number of hydrogen-bond acceptors (Lipinski definition) is 2. The molecule has 0 aromatic heterocycles. The van der Waals surface area contributed by atoms with E-state index in [-0.39, 0.29) is 6.03 Å². The Morgan fingerprint density at radius 1 is 1.07 bits per heavy atom. The van der Waals surface area contributed by atoms with Crippen LogP contribution in [0.3, 0.4) is 0 Å². The van der Waals surface area contributed by atoms with Crippen LogP contribution in [0.25, 0.3) is 0 Å². The minimum atomic E-state index is 0.103. The summed E-state index contributed by atoms with van der Waals surface area (Å²) >= 11 is 0. The lowest BCUT2D eigenvalue weighted by molar-refractivity contribution is 0.171. The predicted octanol–water partition coefficient (Wildman–Crippen LogP) is 0.942. The number of nitrogens with zero attached hydrogens (tertiary/aromatic N) is 3. The fraction of sp³-hybridized carbons (Fsp3) is 0.900. The van der Waals surface area contributed by atoms with E-state index in [2.05, 4.69) is 4.90 Å². The zero-order valence-corrected chi connectivity index (χ0v) is 10.1. The minimum Gasteiger partial charge on any atom is -0.331 e. The highest BCUT2D eigenvalue weighted by atomic mass is 16.2. The van der Waals surface area contributed by atoms with Crippen LogP contribution in [0.5, 0.6) is 0 Å². The van der Waals surface area contributed by atoms with Gasteiger partial charge in [0.05, 0.1) is 0 Å². The molecule has 0 aliphatic carbocycles. The average Bonchev–Trinajstić information content (AvgIpc) is 2.10. The monoisotopic (exact) mass is 201 g/mol. The van der Waals surface area contributed by atoms with E-state index in [1.165, 1.54) is 0 Å². The van der Waals surface area contributed by atoms with Gasteiger partial charge in [0.1, 0.15) is 0 Å². The molecule has 0 radical (unpaired) electrons. The van der Waals surface area contributed by atoms with E-state index in [4.69, 9.17) is 0 Å². The van der Waals surface area contributed by atoms with Gasteiger partial charge in [0.2, 0.25) is 0 Å². The van der Waals surface area contributed by atoms with Crippen LogP contribution in [0, 0.1) is 0 Å². The molecule has 0 aromatic carbocycles. The molecular formula is C10H23N3O. The number of carbonyl (C=O) groups excluding carboxylic acids is 1. The molecule has 0 saturated heterocycles. The molecular weight excluding hydrogens is 178 g/mol. The van der Waals surface area contributed by atoms with E-state index < -0.39 is 0 Å². The molecule has 0 unspecified atom stereocenters. The first-order chi connectivity index (χ1) is 6.49. The summed E-state index contributed by atoms with van der Waals surface area (Å²) in [4.78, 5) is 17.2. The minimum absolute atomic E-state index is 0.103. The van der Waals surface area contributed by atoms with Gasteiger partial charge in [0.25, 0.3) is 0 Å². The molecule has 0 aromatic rings. The SMILES string of the molecule is CCN(CCCN(C)C)C(=O)N(C)C. The molecule has 4 heteroatoms. The maximum Gasteiger partial charge on any atom is 0.319 e. The number of urea groups is 1. The molecule has 14 heavy (non-hydrogen) atoms. The Balaban J connectivity index is 3.85. The summed E-state index contributed by atoms with van der Waals surface area (Å²) in [5.41, 5.74) is 0. The van der Waals surface area contributed by atoms with Crippen LogP contribution in [-0.2, 0) is 0 Å². The van der Waals surface area contributed by atoms with Crippen molar-refractivity contribution in [2.24, 2.45) is 0 Å². The van der Waals surface area contributed by atoms with Crippen molar-refractivity contribution in [3.63, 3.8) is 0 Å². The predicted molar refractivity (Wildman–Crippen MR) is 59.5 cm³/mol. The molecule has 0 spiro atoms. The van der Waals surface area contributed by atoms with Gasteiger partial charge < -0.3 is 14.7 Å². The van der Waals surface area contributed by atoms with Gasteiger partial charge in [-0.25, -0.2) is 4.79 Å². The lowest BCUT2D eigenvalue weighted by Gasteiger charge is -2.25. The van der Waals surface area contributed by atoms with Crippen molar-refractivity contribution in [1.29, 1.82) is 0 Å². The van der Waals surface area contributed by atoms with Gasteiger partial charge >= 0.3 is 6.03 Å². The van der Waals surface area contributed by atoms with Crippen LogP contribution in [0.4, 0.5) is 4.79 Å². The van der Waals surface area contributed by atoms with E-state index >= 15 is 0 Å². The summed E-state index contributed by atoms with van der Waals surface area (Å²) in [6, 6.07) is 0.103. The lowest BCUT2D eigenvalue weighted by atomic mass is 10.3. The van der Waals surface area contributed by atoms with E-state index in [0.717, 1.165) is 26.1 Å². The normalized spacial score (nSPS) is 10.4. The molecule has 0 fully saturated rings. The first-order valence-electron chi connectivity index (χ1n) is 5.10. The van der Waals surface area contributed by atoms with Gasteiger partial charge in [-0.2, -0.15) is 0 Å².